The fraction of sp³-hybridized carbons (Fsp3) is 0.273. The third-order valence-corrected chi connectivity index (χ3v) is 11.4. The number of benzene rings is 3. The van der Waals surface area contributed by atoms with Gasteiger partial charge in [-0.2, -0.15) is 0 Å². The Hall–Kier alpha value is -6.78. The average Bonchev–Trinajstić information content (AvgIpc) is 3.90. The zero-order valence-corrected chi connectivity index (χ0v) is 33.7. The molecule has 1 atom stereocenters. The minimum absolute atomic E-state index is 0.0485. The molecule has 8 rings (SSSR count). The van der Waals surface area contributed by atoms with Crippen LogP contribution in [-0.4, -0.2) is 89.3 Å². The van der Waals surface area contributed by atoms with Crippen LogP contribution in [0.3, 0.4) is 0 Å². The number of nitrogens with zero attached hydrogens (tertiary/aromatic N) is 4. The van der Waals surface area contributed by atoms with E-state index >= 15 is 0 Å². The van der Waals surface area contributed by atoms with E-state index in [1.165, 1.54) is 11.3 Å². The standard InChI is InChI=1S/C44H41N7O8S/c1-25-31(9-5-16-45-25)41(55)50-18-15-28-24-29(11-12-34(28)50)39-26(2)60-44(49-39)48-37(53)23-27-6-3-7-30(22-27)59-21-20-58-19-17-46-33-10-4-8-32-38(33)43(57)51(42(32)56)35-13-14-36(52)47-40(35)54/h3-12,16,22,24,35,46H,13-15,17-21,23H2,1-2H3,(H,47,52,54)(H,48,49,53). The molecule has 1 unspecified atom stereocenters. The lowest BCUT2D eigenvalue weighted by Gasteiger charge is -2.27. The highest BCUT2D eigenvalue weighted by Crippen LogP contribution is 2.37. The van der Waals surface area contributed by atoms with Crippen LogP contribution < -0.4 is 25.6 Å². The highest BCUT2D eigenvalue weighted by molar-refractivity contribution is 7.16. The number of amides is 6. The molecule has 0 aliphatic carbocycles. The molecule has 3 aliphatic rings. The zero-order chi connectivity index (χ0) is 41.9. The summed E-state index contributed by atoms with van der Waals surface area (Å²) in [6.45, 7) is 5.54. The molecule has 306 valence electrons. The summed E-state index contributed by atoms with van der Waals surface area (Å²) >= 11 is 1.41. The number of nitrogens with one attached hydrogen (secondary N) is 3. The summed E-state index contributed by atoms with van der Waals surface area (Å²) in [5, 5.41) is 8.79. The van der Waals surface area contributed by atoms with Gasteiger partial charge in [0.25, 0.3) is 17.7 Å². The number of rotatable bonds is 14. The Morgan fingerprint density at radius 1 is 0.933 bits per heavy atom. The van der Waals surface area contributed by atoms with Crippen molar-refractivity contribution >= 4 is 63.3 Å². The molecule has 3 N–H and O–H groups in total. The van der Waals surface area contributed by atoms with Gasteiger partial charge in [-0.3, -0.25) is 44.0 Å². The first-order valence-electron chi connectivity index (χ1n) is 19.6. The molecule has 5 aromatic rings. The van der Waals surface area contributed by atoms with Crippen LogP contribution in [0.15, 0.2) is 79.0 Å². The van der Waals surface area contributed by atoms with Crippen LogP contribution in [-0.2, 0) is 32.0 Å². The van der Waals surface area contributed by atoms with Gasteiger partial charge in [0.2, 0.25) is 17.7 Å². The number of aromatic nitrogens is 2. The van der Waals surface area contributed by atoms with Gasteiger partial charge in [0.05, 0.1) is 42.0 Å². The maximum absolute atomic E-state index is 13.3. The first-order valence-corrected chi connectivity index (χ1v) is 20.4. The number of ether oxygens (including phenoxy) is 2. The average molecular weight is 828 g/mol. The lowest BCUT2D eigenvalue weighted by atomic mass is 10.0. The molecule has 1 saturated heterocycles. The van der Waals surface area contributed by atoms with Crippen LogP contribution in [0.5, 0.6) is 5.75 Å². The summed E-state index contributed by atoms with van der Waals surface area (Å²) < 4.78 is 11.6. The van der Waals surface area contributed by atoms with E-state index in [0.29, 0.717) is 40.9 Å². The highest BCUT2D eigenvalue weighted by atomic mass is 32.1. The molecule has 5 heterocycles. The largest absolute Gasteiger partial charge is 0.491 e. The van der Waals surface area contributed by atoms with Gasteiger partial charge in [0.1, 0.15) is 18.4 Å². The Morgan fingerprint density at radius 2 is 1.78 bits per heavy atom. The molecule has 2 aromatic heterocycles. The van der Waals surface area contributed by atoms with Crippen molar-refractivity contribution in [3.05, 3.63) is 117 Å². The van der Waals surface area contributed by atoms with Crippen molar-refractivity contribution in [3.8, 4) is 17.0 Å². The van der Waals surface area contributed by atoms with E-state index < -0.39 is 29.7 Å². The van der Waals surface area contributed by atoms with Crippen molar-refractivity contribution in [2.75, 3.05) is 48.4 Å². The Kier molecular flexibility index (Phi) is 11.5. The summed E-state index contributed by atoms with van der Waals surface area (Å²) in [5.41, 5.74) is 6.55. The SMILES string of the molecule is Cc1ncccc1C(=O)N1CCc2cc(-c3nc(NC(=O)Cc4cccc(OCCOCCNc5cccc6c5C(=O)N(C5CCC(=O)NC5=O)C6=O)c4)sc3C)ccc21. The maximum Gasteiger partial charge on any atom is 0.264 e. The molecule has 3 aliphatic heterocycles. The van der Waals surface area contributed by atoms with Crippen LogP contribution in [0.4, 0.5) is 16.5 Å². The summed E-state index contributed by atoms with van der Waals surface area (Å²) in [7, 11) is 0. The second kappa shape index (κ2) is 17.2. The van der Waals surface area contributed by atoms with Crippen LogP contribution in [0.1, 0.15) is 65.6 Å². The number of piperidine rings is 1. The predicted molar refractivity (Wildman–Crippen MR) is 223 cm³/mol. The second-order valence-electron chi connectivity index (χ2n) is 14.5. The first kappa shape index (κ1) is 40.0. The van der Waals surface area contributed by atoms with Gasteiger partial charge in [-0.15, -0.1) is 11.3 Å². The maximum atomic E-state index is 13.3. The highest BCUT2D eigenvalue weighted by Gasteiger charge is 2.45. The number of aryl methyl sites for hydroxylation is 2. The minimum Gasteiger partial charge on any atom is -0.491 e. The molecule has 0 radical (unpaired) electrons. The summed E-state index contributed by atoms with van der Waals surface area (Å²) in [6.07, 6.45) is 2.67. The monoisotopic (exact) mass is 827 g/mol. The van der Waals surface area contributed by atoms with E-state index in [0.717, 1.165) is 44.3 Å². The number of carbonyl (C=O) groups is 6. The normalized spacial score (nSPS) is 15.8. The van der Waals surface area contributed by atoms with E-state index in [1.807, 2.05) is 38.1 Å². The van der Waals surface area contributed by atoms with Gasteiger partial charge >= 0.3 is 0 Å². The summed E-state index contributed by atoms with van der Waals surface area (Å²) in [4.78, 5) is 89.5. The molecule has 6 amide bonds. The molecule has 60 heavy (non-hydrogen) atoms. The zero-order valence-electron chi connectivity index (χ0n) is 32.9. The topological polar surface area (TPSA) is 189 Å². The van der Waals surface area contributed by atoms with Crippen LogP contribution in [0.2, 0.25) is 0 Å². The van der Waals surface area contributed by atoms with Crippen LogP contribution >= 0.6 is 11.3 Å². The van der Waals surface area contributed by atoms with E-state index in [1.54, 1.807) is 53.6 Å². The van der Waals surface area contributed by atoms with Gasteiger partial charge < -0.3 is 25.0 Å². The number of hydrogen-bond acceptors (Lipinski definition) is 12. The fourth-order valence-electron chi connectivity index (χ4n) is 7.67. The minimum atomic E-state index is -1.04. The number of imide groups is 2. The third kappa shape index (κ3) is 8.24. The second-order valence-corrected chi connectivity index (χ2v) is 15.7. The lowest BCUT2D eigenvalue weighted by Crippen LogP contribution is -2.54. The number of fused-ring (bicyclic) bond motifs is 2. The van der Waals surface area contributed by atoms with E-state index in [2.05, 4.69) is 27.0 Å². The van der Waals surface area contributed by atoms with Crippen LogP contribution in [0.25, 0.3) is 11.3 Å². The molecule has 0 saturated carbocycles. The van der Waals surface area contributed by atoms with Crippen molar-refractivity contribution in [3.63, 3.8) is 0 Å². The predicted octanol–water partition coefficient (Wildman–Crippen LogP) is 5.11. The Morgan fingerprint density at radius 3 is 2.62 bits per heavy atom. The smallest absolute Gasteiger partial charge is 0.264 e. The van der Waals surface area contributed by atoms with E-state index in [-0.39, 0.29) is 62.0 Å². The van der Waals surface area contributed by atoms with Gasteiger partial charge in [0, 0.05) is 53.2 Å². The molecule has 0 spiro atoms. The molecule has 16 heteroatoms. The van der Waals surface area contributed by atoms with E-state index in [9.17, 15) is 28.8 Å². The number of hydrogen-bond donors (Lipinski definition) is 3. The van der Waals surface area contributed by atoms with Gasteiger partial charge in [-0.1, -0.05) is 24.3 Å². The van der Waals surface area contributed by atoms with Gasteiger partial charge in [0.15, 0.2) is 5.13 Å². The molecular weight excluding hydrogens is 787 g/mol. The quantitative estimate of drug-likeness (QED) is 0.0997. The third-order valence-electron chi connectivity index (χ3n) is 10.6. The Bertz CT molecular complexity index is 2560. The first-order chi connectivity index (χ1) is 29.0. The lowest BCUT2D eigenvalue weighted by molar-refractivity contribution is -0.136. The number of pyridine rings is 1. The number of carbonyl (C=O) groups excluding carboxylic acids is 6. The number of thiazole rings is 1. The molecule has 15 nitrogen and oxygen atoms in total. The summed E-state index contributed by atoms with van der Waals surface area (Å²) in [5.74, 6) is -1.92. The van der Waals surface area contributed by atoms with E-state index in [4.69, 9.17) is 14.5 Å². The van der Waals surface area contributed by atoms with Crippen LogP contribution in [0, 0.1) is 13.8 Å². The Labute approximate surface area is 349 Å². The molecule has 0 bridgehead atoms. The van der Waals surface area contributed by atoms with Gasteiger partial charge in [-0.25, -0.2) is 4.98 Å². The fourth-order valence-corrected chi connectivity index (χ4v) is 8.52. The van der Waals surface area contributed by atoms with Gasteiger partial charge in [-0.05, 0) is 86.3 Å². The number of anilines is 3. The summed E-state index contributed by atoms with van der Waals surface area (Å²) in [6, 6.07) is 20.7. The Balaban J connectivity index is 0.784. The van der Waals surface area contributed by atoms with Crippen molar-refractivity contribution in [1.29, 1.82) is 0 Å². The van der Waals surface area contributed by atoms with Crippen molar-refractivity contribution in [2.24, 2.45) is 0 Å². The van der Waals surface area contributed by atoms with Crippen molar-refractivity contribution < 1.29 is 38.2 Å². The molecular formula is C44H41N7O8S. The van der Waals surface area contributed by atoms with Crippen molar-refractivity contribution in [1.82, 2.24) is 20.2 Å². The molecule has 3 aromatic carbocycles. The van der Waals surface area contributed by atoms with Crippen molar-refractivity contribution in [2.45, 2.75) is 45.6 Å². The molecule has 1 fully saturated rings.